The first kappa shape index (κ1) is 21.7. The molecule has 0 unspecified atom stereocenters. The maximum Gasteiger partial charge on any atom is 0.238 e. The standard InChI is InChI=1S/C23H25ClN4O2/c1-4-28(13-18-12-17-6-5-15(2)11-21(17)27-23(18)24)14-22(30)26-20-9-7-19(8-10-20)25-16(3)29/h5-12H,4,13-14H2,1-3H3,(H,25,29)(H,26,30). The summed E-state index contributed by atoms with van der Waals surface area (Å²) in [6.45, 7) is 6.92. The highest BCUT2D eigenvalue weighted by Crippen LogP contribution is 2.23. The zero-order valence-corrected chi connectivity index (χ0v) is 18.1. The van der Waals surface area contributed by atoms with Gasteiger partial charge in [0.1, 0.15) is 5.15 Å². The number of rotatable bonds is 7. The Balaban J connectivity index is 1.64. The number of fused-ring (bicyclic) bond motifs is 1. The summed E-state index contributed by atoms with van der Waals surface area (Å²) < 4.78 is 0. The van der Waals surface area contributed by atoms with Crippen LogP contribution in [0, 0.1) is 6.92 Å². The van der Waals surface area contributed by atoms with Crippen molar-refractivity contribution in [3.8, 4) is 0 Å². The van der Waals surface area contributed by atoms with Crippen LogP contribution in [0.15, 0.2) is 48.5 Å². The van der Waals surface area contributed by atoms with Crippen molar-refractivity contribution in [2.75, 3.05) is 23.7 Å². The van der Waals surface area contributed by atoms with Gasteiger partial charge >= 0.3 is 0 Å². The van der Waals surface area contributed by atoms with Crippen molar-refractivity contribution < 1.29 is 9.59 Å². The van der Waals surface area contributed by atoms with E-state index in [1.807, 2.05) is 43.0 Å². The van der Waals surface area contributed by atoms with Crippen LogP contribution < -0.4 is 10.6 Å². The molecule has 0 aliphatic rings. The lowest BCUT2D eigenvalue weighted by atomic mass is 10.1. The van der Waals surface area contributed by atoms with Gasteiger partial charge in [-0.3, -0.25) is 14.5 Å². The van der Waals surface area contributed by atoms with Crippen molar-refractivity contribution in [3.63, 3.8) is 0 Å². The van der Waals surface area contributed by atoms with Gasteiger partial charge < -0.3 is 10.6 Å². The number of hydrogen-bond donors (Lipinski definition) is 2. The van der Waals surface area contributed by atoms with Gasteiger partial charge in [-0.05, 0) is 55.4 Å². The quantitative estimate of drug-likeness (QED) is 0.543. The number of halogens is 1. The fourth-order valence-electron chi connectivity index (χ4n) is 3.17. The second kappa shape index (κ2) is 9.69. The van der Waals surface area contributed by atoms with Gasteiger partial charge in [-0.2, -0.15) is 0 Å². The van der Waals surface area contributed by atoms with Crippen LogP contribution in [0.5, 0.6) is 0 Å². The summed E-state index contributed by atoms with van der Waals surface area (Å²) in [7, 11) is 0. The van der Waals surface area contributed by atoms with Gasteiger partial charge in [0, 0.05) is 35.8 Å². The average Bonchev–Trinajstić information content (AvgIpc) is 2.69. The second-order valence-corrected chi connectivity index (χ2v) is 7.60. The van der Waals surface area contributed by atoms with Gasteiger partial charge in [-0.15, -0.1) is 0 Å². The van der Waals surface area contributed by atoms with Crippen molar-refractivity contribution in [1.82, 2.24) is 9.88 Å². The molecule has 30 heavy (non-hydrogen) atoms. The summed E-state index contributed by atoms with van der Waals surface area (Å²) >= 11 is 6.41. The van der Waals surface area contributed by atoms with Gasteiger partial charge in [-0.1, -0.05) is 30.7 Å². The number of pyridine rings is 1. The van der Waals surface area contributed by atoms with Gasteiger partial charge in [0.05, 0.1) is 12.1 Å². The third-order valence-corrected chi connectivity index (χ3v) is 5.02. The number of likely N-dealkylation sites (N-methyl/N-ethyl adjacent to an activating group) is 1. The van der Waals surface area contributed by atoms with Crippen LogP contribution in [-0.2, 0) is 16.1 Å². The number of aromatic nitrogens is 1. The fourth-order valence-corrected chi connectivity index (χ4v) is 3.38. The minimum atomic E-state index is -0.137. The van der Waals surface area contributed by atoms with E-state index in [9.17, 15) is 9.59 Å². The Morgan fingerprint density at radius 2 is 1.70 bits per heavy atom. The van der Waals surface area contributed by atoms with E-state index < -0.39 is 0 Å². The number of amides is 2. The third kappa shape index (κ3) is 5.78. The minimum absolute atomic E-state index is 0.121. The SMILES string of the molecule is CCN(CC(=O)Nc1ccc(NC(C)=O)cc1)Cc1cc2ccc(C)cc2nc1Cl. The Hall–Kier alpha value is -2.96. The molecule has 0 bridgehead atoms. The molecular formula is C23H25ClN4O2. The Morgan fingerprint density at radius 1 is 1.03 bits per heavy atom. The van der Waals surface area contributed by atoms with E-state index in [0.29, 0.717) is 29.6 Å². The highest BCUT2D eigenvalue weighted by molar-refractivity contribution is 6.30. The molecule has 2 amide bonds. The van der Waals surface area contributed by atoms with E-state index in [4.69, 9.17) is 11.6 Å². The first-order valence-corrected chi connectivity index (χ1v) is 10.2. The number of aryl methyl sites for hydroxylation is 1. The Labute approximate surface area is 181 Å². The summed E-state index contributed by atoms with van der Waals surface area (Å²) in [5, 5.41) is 7.06. The minimum Gasteiger partial charge on any atom is -0.326 e. The molecular weight excluding hydrogens is 400 g/mol. The van der Waals surface area contributed by atoms with Crippen LogP contribution in [-0.4, -0.2) is 34.8 Å². The lowest BCUT2D eigenvalue weighted by molar-refractivity contribution is -0.117. The highest BCUT2D eigenvalue weighted by Gasteiger charge is 2.13. The fraction of sp³-hybridized carbons (Fsp3) is 0.261. The van der Waals surface area contributed by atoms with Crippen molar-refractivity contribution in [1.29, 1.82) is 0 Å². The number of nitrogens with one attached hydrogen (secondary N) is 2. The summed E-state index contributed by atoms with van der Waals surface area (Å²) in [5.74, 6) is -0.257. The normalized spacial score (nSPS) is 11.0. The first-order valence-electron chi connectivity index (χ1n) is 9.79. The van der Waals surface area contributed by atoms with Gasteiger partial charge in [0.15, 0.2) is 0 Å². The molecule has 0 aliphatic heterocycles. The van der Waals surface area contributed by atoms with Crippen LogP contribution >= 0.6 is 11.6 Å². The molecule has 0 radical (unpaired) electrons. The van der Waals surface area contributed by atoms with Gasteiger partial charge in [0.25, 0.3) is 0 Å². The number of benzene rings is 2. The third-order valence-electron chi connectivity index (χ3n) is 4.70. The molecule has 0 saturated heterocycles. The van der Waals surface area contributed by atoms with Crippen molar-refractivity contribution in [3.05, 3.63) is 64.8 Å². The number of anilines is 2. The van der Waals surface area contributed by atoms with E-state index in [-0.39, 0.29) is 18.4 Å². The van der Waals surface area contributed by atoms with Crippen LogP contribution in [0.4, 0.5) is 11.4 Å². The van der Waals surface area contributed by atoms with Gasteiger partial charge in [0.2, 0.25) is 11.8 Å². The molecule has 3 rings (SSSR count). The number of carbonyl (C=O) groups excluding carboxylic acids is 2. The summed E-state index contributed by atoms with van der Waals surface area (Å²) in [4.78, 5) is 30.1. The molecule has 1 aromatic heterocycles. The molecule has 3 aromatic rings. The predicted octanol–water partition coefficient (Wildman–Crippen LogP) is 4.62. The Kier molecular flexibility index (Phi) is 7.03. The molecule has 156 valence electrons. The summed E-state index contributed by atoms with van der Waals surface area (Å²) in [5.41, 5.74) is 4.25. The summed E-state index contributed by atoms with van der Waals surface area (Å²) in [6.07, 6.45) is 0. The molecule has 2 aromatic carbocycles. The van der Waals surface area contributed by atoms with Gasteiger partial charge in [-0.25, -0.2) is 4.98 Å². The van der Waals surface area contributed by atoms with E-state index in [1.165, 1.54) is 6.92 Å². The topological polar surface area (TPSA) is 74.3 Å². The predicted molar refractivity (Wildman–Crippen MR) is 122 cm³/mol. The maximum absolute atomic E-state index is 12.5. The van der Waals surface area contributed by atoms with Crippen molar-refractivity contribution in [2.24, 2.45) is 0 Å². The molecule has 0 aliphatic carbocycles. The molecule has 0 saturated carbocycles. The van der Waals surface area contributed by atoms with E-state index >= 15 is 0 Å². The van der Waals surface area contributed by atoms with E-state index in [0.717, 1.165) is 22.0 Å². The van der Waals surface area contributed by atoms with E-state index in [2.05, 4.69) is 15.6 Å². The zero-order valence-electron chi connectivity index (χ0n) is 17.3. The lowest BCUT2D eigenvalue weighted by Crippen LogP contribution is -2.32. The number of carbonyl (C=O) groups is 2. The van der Waals surface area contributed by atoms with Crippen molar-refractivity contribution in [2.45, 2.75) is 27.3 Å². The smallest absolute Gasteiger partial charge is 0.238 e. The molecule has 1 heterocycles. The first-order chi connectivity index (χ1) is 14.3. The monoisotopic (exact) mass is 424 g/mol. The van der Waals surface area contributed by atoms with Crippen LogP contribution in [0.2, 0.25) is 5.15 Å². The largest absolute Gasteiger partial charge is 0.326 e. The number of nitrogens with zero attached hydrogens (tertiary/aromatic N) is 2. The molecule has 6 nitrogen and oxygen atoms in total. The zero-order chi connectivity index (χ0) is 21.7. The average molecular weight is 425 g/mol. The van der Waals surface area contributed by atoms with Crippen LogP contribution in [0.25, 0.3) is 10.9 Å². The Bertz CT molecular complexity index is 1070. The Morgan fingerprint density at radius 3 is 2.33 bits per heavy atom. The molecule has 0 spiro atoms. The lowest BCUT2D eigenvalue weighted by Gasteiger charge is -2.20. The maximum atomic E-state index is 12.5. The molecule has 2 N–H and O–H groups in total. The van der Waals surface area contributed by atoms with E-state index in [1.54, 1.807) is 24.3 Å². The molecule has 0 atom stereocenters. The second-order valence-electron chi connectivity index (χ2n) is 7.24. The number of hydrogen-bond acceptors (Lipinski definition) is 4. The highest BCUT2D eigenvalue weighted by atomic mass is 35.5. The van der Waals surface area contributed by atoms with Crippen molar-refractivity contribution >= 4 is 45.7 Å². The van der Waals surface area contributed by atoms with Crippen LogP contribution in [0.1, 0.15) is 25.0 Å². The van der Waals surface area contributed by atoms with Crippen LogP contribution in [0.3, 0.4) is 0 Å². The molecule has 7 heteroatoms. The summed E-state index contributed by atoms with van der Waals surface area (Å²) in [6, 6.07) is 15.1. The molecule has 0 fully saturated rings.